The SMILES string of the molecule is CCc1ccc(-c2nc(SCC(=O)Nc3cccc(C#N)c3)n[nH]2)cc1. The predicted octanol–water partition coefficient (Wildman–Crippen LogP) is 3.64. The number of hydrogen-bond donors (Lipinski definition) is 2. The van der Waals surface area contributed by atoms with Gasteiger partial charge in [-0.05, 0) is 30.2 Å². The number of aromatic nitrogens is 3. The number of benzene rings is 2. The summed E-state index contributed by atoms with van der Waals surface area (Å²) in [4.78, 5) is 16.5. The summed E-state index contributed by atoms with van der Waals surface area (Å²) in [5.41, 5.74) is 3.32. The summed E-state index contributed by atoms with van der Waals surface area (Å²) in [5, 5.41) is 19.2. The smallest absolute Gasteiger partial charge is 0.234 e. The number of nitrogens with zero attached hydrogens (tertiary/aromatic N) is 3. The molecule has 0 spiro atoms. The summed E-state index contributed by atoms with van der Waals surface area (Å²) in [5.74, 6) is 0.684. The number of hydrogen-bond acceptors (Lipinski definition) is 5. The molecular weight excluding hydrogens is 346 g/mol. The maximum Gasteiger partial charge on any atom is 0.234 e. The van der Waals surface area contributed by atoms with Gasteiger partial charge in [0.25, 0.3) is 0 Å². The van der Waals surface area contributed by atoms with Crippen LogP contribution in [-0.4, -0.2) is 26.8 Å². The maximum absolute atomic E-state index is 12.1. The Bertz CT molecular complexity index is 943. The zero-order valence-electron chi connectivity index (χ0n) is 14.2. The minimum absolute atomic E-state index is 0.177. The van der Waals surface area contributed by atoms with E-state index in [9.17, 15) is 4.79 Å². The highest BCUT2D eigenvalue weighted by atomic mass is 32.2. The molecule has 0 atom stereocenters. The van der Waals surface area contributed by atoms with E-state index < -0.39 is 0 Å². The third-order valence-corrected chi connectivity index (χ3v) is 4.56. The normalized spacial score (nSPS) is 10.3. The molecule has 3 aromatic rings. The molecule has 0 radical (unpaired) electrons. The van der Waals surface area contributed by atoms with Gasteiger partial charge in [0.2, 0.25) is 11.1 Å². The minimum atomic E-state index is -0.177. The number of anilines is 1. The number of carbonyl (C=O) groups is 1. The Balaban J connectivity index is 1.57. The van der Waals surface area contributed by atoms with E-state index in [1.165, 1.54) is 17.3 Å². The van der Waals surface area contributed by atoms with Crippen molar-refractivity contribution < 1.29 is 4.79 Å². The molecule has 0 aliphatic rings. The summed E-state index contributed by atoms with van der Waals surface area (Å²) in [6, 6.07) is 17.0. The van der Waals surface area contributed by atoms with Gasteiger partial charge in [0.05, 0.1) is 17.4 Å². The Morgan fingerprint density at radius 1 is 1.27 bits per heavy atom. The molecule has 2 aromatic carbocycles. The van der Waals surface area contributed by atoms with Gasteiger partial charge in [0.15, 0.2) is 5.82 Å². The number of amides is 1. The second-order valence-corrected chi connectivity index (χ2v) is 6.49. The molecule has 0 unspecified atom stereocenters. The Hall–Kier alpha value is -3.11. The summed E-state index contributed by atoms with van der Waals surface area (Å²) in [6.45, 7) is 2.11. The molecule has 1 aromatic heterocycles. The molecule has 3 rings (SSSR count). The van der Waals surface area contributed by atoms with E-state index in [2.05, 4.69) is 39.6 Å². The van der Waals surface area contributed by atoms with Gasteiger partial charge >= 0.3 is 0 Å². The van der Waals surface area contributed by atoms with Crippen molar-refractivity contribution in [3.63, 3.8) is 0 Å². The van der Waals surface area contributed by atoms with Crippen molar-refractivity contribution in [3.8, 4) is 17.5 Å². The van der Waals surface area contributed by atoms with Crippen molar-refractivity contribution in [1.82, 2.24) is 15.2 Å². The van der Waals surface area contributed by atoms with Crippen LogP contribution in [0.25, 0.3) is 11.4 Å². The number of carbonyl (C=O) groups excluding carboxylic acids is 1. The highest BCUT2D eigenvalue weighted by Gasteiger charge is 2.09. The van der Waals surface area contributed by atoms with E-state index in [-0.39, 0.29) is 11.7 Å². The van der Waals surface area contributed by atoms with Crippen LogP contribution < -0.4 is 5.32 Å². The molecule has 7 heteroatoms. The number of aromatic amines is 1. The van der Waals surface area contributed by atoms with Gasteiger partial charge in [-0.15, -0.1) is 5.10 Å². The molecule has 0 saturated carbocycles. The fourth-order valence-electron chi connectivity index (χ4n) is 2.33. The first-order chi connectivity index (χ1) is 12.7. The topological polar surface area (TPSA) is 94.5 Å². The molecule has 0 bridgehead atoms. The first-order valence-corrected chi connectivity index (χ1v) is 9.11. The highest BCUT2D eigenvalue weighted by Crippen LogP contribution is 2.20. The van der Waals surface area contributed by atoms with E-state index in [0.29, 0.717) is 22.2 Å². The van der Waals surface area contributed by atoms with Crippen molar-refractivity contribution >= 4 is 23.4 Å². The van der Waals surface area contributed by atoms with E-state index in [1.807, 2.05) is 18.2 Å². The van der Waals surface area contributed by atoms with Crippen LogP contribution in [0.3, 0.4) is 0 Å². The zero-order valence-corrected chi connectivity index (χ0v) is 15.0. The molecule has 130 valence electrons. The van der Waals surface area contributed by atoms with E-state index in [1.54, 1.807) is 24.3 Å². The molecule has 0 fully saturated rings. The lowest BCUT2D eigenvalue weighted by molar-refractivity contribution is -0.113. The van der Waals surface area contributed by atoms with E-state index in [4.69, 9.17) is 5.26 Å². The Morgan fingerprint density at radius 3 is 2.81 bits per heavy atom. The molecule has 6 nitrogen and oxygen atoms in total. The molecular formula is C19H17N5OS. The van der Waals surface area contributed by atoms with Crippen molar-refractivity contribution in [1.29, 1.82) is 5.26 Å². The Kier molecular flexibility index (Phi) is 5.66. The van der Waals surface area contributed by atoms with E-state index >= 15 is 0 Å². The average molecular weight is 363 g/mol. The van der Waals surface area contributed by atoms with Gasteiger partial charge in [-0.25, -0.2) is 4.98 Å². The number of thioether (sulfide) groups is 1. The quantitative estimate of drug-likeness (QED) is 0.652. The van der Waals surface area contributed by atoms with Gasteiger partial charge in [-0.3, -0.25) is 9.89 Å². The summed E-state index contributed by atoms with van der Waals surface area (Å²) in [6.07, 6.45) is 0.990. The molecule has 0 aliphatic heterocycles. The lowest BCUT2D eigenvalue weighted by Crippen LogP contribution is -2.14. The van der Waals surface area contributed by atoms with Crippen LogP contribution in [0.2, 0.25) is 0 Å². The number of nitrogens with one attached hydrogen (secondary N) is 2. The van der Waals surface area contributed by atoms with Crippen molar-refractivity contribution in [2.75, 3.05) is 11.1 Å². The third-order valence-electron chi connectivity index (χ3n) is 3.71. The highest BCUT2D eigenvalue weighted by molar-refractivity contribution is 7.99. The Morgan fingerprint density at radius 2 is 2.08 bits per heavy atom. The second-order valence-electron chi connectivity index (χ2n) is 5.55. The zero-order chi connectivity index (χ0) is 18.4. The van der Waals surface area contributed by atoms with Crippen LogP contribution in [0, 0.1) is 11.3 Å². The fraction of sp³-hybridized carbons (Fsp3) is 0.158. The van der Waals surface area contributed by atoms with Gasteiger partial charge < -0.3 is 5.32 Å². The molecule has 0 saturated heterocycles. The standard InChI is InChI=1S/C19H17N5OS/c1-2-13-6-8-15(9-7-13)18-22-19(24-23-18)26-12-17(25)21-16-5-3-4-14(10-16)11-20/h3-10H,2,12H2,1H3,(H,21,25)(H,22,23,24). The molecule has 1 amide bonds. The van der Waals surface area contributed by atoms with Crippen molar-refractivity contribution in [2.24, 2.45) is 0 Å². The number of rotatable bonds is 6. The third kappa shape index (κ3) is 4.49. The average Bonchev–Trinajstić information content (AvgIpc) is 3.15. The second kappa shape index (κ2) is 8.32. The molecule has 2 N–H and O–H groups in total. The predicted molar refractivity (Wildman–Crippen MR) is 102 cm³/mol. The van der Waals surface area contributed by atoms with Crippen LogP contribution in [0.5, 0.6) is 0 Å². The van der Waals surface area contributed by atoms with Crippen molar-refractivity contribution in [3.05, 3.63) is 59.7 Å². The van der Waals surface area contributed by atoms with Crippen LogP contribution in [0.1, 0.15) is 18.1 Å². The monoisotopic (exact) mass is 363 g/mol. The molecule has 26 heavy (non-hydrogen) atoms. The van der Waals surface area contributed by atoms with Crippen LogP contribution >= 0.6 is 11.8 Å². The van der Waals surface area contributed by atoms with Crippen LogP contribution in [0.15, 0.2) is 53.7 Å². The van der Waals surface area contributed by atoms with E-state index in [0.717, 1.165) is 12.0 Å². The number of H-pyrrole nitrogens is 1. The van der Waals surface area contributed by atoms with Crippen LogP contribution in [0.4, 0.5) is 5.69 Å². The summed E-state index contributed by atoms with van der Waals surface area (Å²) >= 11 is 1.25. The maximum atomic E-state index is 12.1. The fourth-order valence-corrected chi connectivity index (χ4v) is 2.93. The van der Waals surface area contributed by atoms with Gasteiger partial charge in [-0.2, -0.15) is 5.26 Å². The molecule has 1 heterocycles. The minimum Gasteiger partial charge on any atom is -0.325 e. The van der Waals surface area contributed by atoms with Gasteiger partial charge in [0.1, 0.15) is 0 Å². The number of nitriles is 1. The largest absolute Gasteiger partial charge is 0.325 e. The first-order valence-electron chi connectivity index (χ1n) is 8.12. The summed E-state index contributed by atoms with van der Waals surface area (Å²) < 4.78 is 0. The Labute approximate surface area is 155 Å². The first kappa shape index (κ1) is 17.7. The lowest BCUT2D eigenvalue weighted by atomic mass is 10.1. The van der Waals surface area contributed by atoms with Gasteiger partial charge in [0, 0.05) is 11.3 Å². The van der Waals surface area contributed by atoms with Gasteiger partial charge in [-0.1, -0.05) is 49.0 Å². The lowest BCUT2D eigenvalue weighted by Gasteiger charge is -2.04. The summed E-state index contributed by atoms with van der Waals surface area (Å²) in [7, 11) is 0. The van der Waals surface area contributed by atoms with Crippen LogP contribution in [-0.2, 0) is 11.2 Å². The molecule has 0 aliphatic carbocycles. The number of aryl methyl sites for hydroxylation is 1. The van der Waals surface area contributed by atoms with Crippen molar-refractivity contribution in [2.45, 2.75) is 18.5 Å².